The van der Waals surface area contributed by atoms with Crippen LogP contribution in [0.15, 0.2) is 41.5 Å². The van der Waals surface area contributed by atoms with Crippen molar-refractivity contribution in [3.8, 4) is 23.0 Å². The predicted molar refractivity (Wildman–Crippen MR) is 107 cm³/mol. The van der Waals surface area contributed by atoms with E-state index in [-0.39, 0.29) is 6.04 Å². The van der Waals surface area contributed by atoms with Crippen molar-refractivity contribution in [3.05, 3.63) is 47.5 Å². The second-order valence-electron chi connectivity index (χ2n) is 6.27. The summed E-state index contributed by atoms with van der Waals surface area (Å²) in [4.78, 5) is 12.4. The van der Waals surface area contributed by atoms with Crippen molar-refractivity contribution in [1.82, 2.24) is 5.01 Å². The molecule has 0 radical (unpaired) electrons. The van der Waals surface area contributed by atoms with Crippen LogP contribution < -0.4 is 18.9 Å². The largest absolute Gasteiger partial charge is 0.497 e. The van der Waals surface area contributed by atoms with E-state index in [0.717, 1.165) is 22.6 Å². The molecule has 1 unspecified atom stereocenters. The van der Waals surface area contributed by atoms with Gasteiger partial charge in [-0.3, -0.25) is 0 Å². The maximum Gasteiger partial charge on any atom is 0.430 e. The standard InChI is InChI=1S/C21H24N2O6/c1-25-15-8-6-13(7-9-15)16-12-17(23(22-16)21(24)29-5)14-10-18(26-2)20(28-4)19(11-14)27-3/h6-11,17H,12H2,1-5H3. The highest BCUT2D eigenvalue weighted by Crippen LogP contribution is 2.43. The van der Waals surface area contributed by atoms with Crippen molar-refractivity contribution in [2.75, 3.05) is 35.5 Å². The van der Waals surface area contributed by atoms with E-state index in [4.69, 9.17) is 23.7 Å². The van der Waals surface area contributed by atoms with Crippen molar-refractivity contribution in [2.45, 2.75) is 12.5 Å². The molecule has 1 atom stereocenters. The maximum atomic E-state index is 12.4. The number of methoxy groups -OCH3 is 5. The fourth-order valence-electron chi connectivity index (χ4n) is 3.28. The average molecular weight is 400 g/mol. The Morgan fingerprint density at radius 1 is 0.931 bits per heavy atom. The van der Waals surface area contributed by atoms with Gasteiger partial charge in [0.15, 0.2) is 11.5 Å². The second-order valence-corrected chi connectivity index (χ2v) is 6.27. The number of ether oxygens (including phenoxy) is 5. The van der Waals surface area contributed by atoms with Crippen LogP contribution in [0.3, 0.4) is 0 Å². The first-order valence-electron chi connectivity index (χ1n) is 8.95. The van der Waals surface area contributed by atoms with E-state index in [0.29, 0.717) is 23.7 Å². The Bertz CT molecular complexity index is 885. The highest BCUT2D eigenvalue weighted by molar-refractivity contribution is 6.03. The lowest BCUT2D eigenvalue weighted by atomic mass is 9.97. The molecule has 29 heavy (non-hydrogen) atoms. The van der Waals surface area contributed by atoms with Gasteiger partial charge in [-0.05, 0) is 47.5 Å². The smallest absolute Gasteiger partial charge is 0.430 e. The van der Waals surface area contributed by atoms with Gasteiger partial charge in [-0.15, -0.1) is 0 Å². The van der Waals surface area contributed by atoms with E-state index in [1.54, 1.807) is 28.4 Å². The molecule has 0 saturated carbocycles. The predicted octanol–water partition coefficient (Wildman–Crippen LogP) is 3.64. The van der Waals surface area contributed by atoms with Gasteiger partial charge in [-0.2, -0.15) is 10.1 Å². The first-order valence-corrected chi connectivity index (χ1v) is 8.95. The topological polar surface area (TPSA) is 78.8 Å². The number of carbonyl (C=O) groups is 1. The van der Waals surface area contributed by atoms with Crippen LogP contribution >= 0.6 is 0 Å². The fourth-order valence-corrected chi connectivity index (χ4v) is 3.28. The van der Waals surface area contributed by atoms with Crippen LogP contribution in [-0.2, 0) is 4.74 Å². The Morgan fingerprint density at radius 3 is 2.03 bits per heavy atom. The van der Waals surface area contributed by atoms with Crippen LogP contribution in [0.2, 0.25) is 0 Å². The zero-order chi connectivity index (χ0) is 21.0. The first kappa shape index (κ1) is 20.3. The minimum Gasteiger partial charge on any atom is -0.497 e. The number of hydrogen-bond acceptors (Lipinski definition) is 7. The van der Waals surface area contributed by atoms with Gasteiger partial charge in [0.05, 0.1) is 47.3 Å². The molecule has 3 rings (SSSR count). The Hall–Kier alpha value is -3.42. The lowest BCUT2D eigenvalue weighted by molar-refractivity contribution is 0.113. The molecule has 1 heterocycles. The summed E-state index contributed by atoms with van der Waals surface area (Å²) in [5.41, 5.74) is 2.45. The van der Waals surface area contributed by atoms with Crippen molar-refractivity contribution in [2.24, 2.45) is 5.10 Å². The molecule has 1 aliphatic rings. The summed E-state index contributed by atoms with van der Waals surface area (Å²) in [7, 11) is 7.58. The number of amides is 1. The van der Waals surface area contributed by atoms with E-state index in [9.17, 15) is 4.79 Å². The number of hydrogen-bond donors (Lipinski definition) is 0. The molecule has 8 heteroatoms. The van der Waals surface area contributed by atoms with Gasteiger partial charge < -0.3 is 23.7 Å². The molecular formula is C21H24N2O6. The summed E-state index contributed by atoms with van der Waals surface area (Å²) in [6.45, 7) is 0. The molecule has 1 amide bonds. The monoisotopic (exact) mass is 400 g/mol. The zero-order valence-corrected chi connectivity index (χ0v) is 17.1. The minimum atomic E-state index is -0.549. The Morgan fingerprint density at radius 2 is 1.55 bits per heavy atom. The molecule has 0 N–H and O–H groups in total. The molecular weight excluding hydrogens is 376 g/mol. The molecule has 0 aliphatic carbocycles. The molecule has 8 nitrogen and oxygen atoms in total. The lowest BCUT2D eigenvalue weighted by Gasteiger charge is -2.22. The first-order chi connectivity index (χ1) is 14.1. The molecule has 2 aromatic rings. The summed E-state index contributed by atoms with van der Waals surface area (Å²) in [5, 5.41) is 5.85. The third-order valence-electron chi connectivity index (χ3n) is 4.77. The van der Waals surface area contributed by atoms with Crippen molar-refractivity contribution in [1.29, 1.82) is 0 Å². The van der Waals surface area contributed by atoms with Gasteiger partial charge in [0, 0.05) is 6.42 Å². The summed E-state index contributed by atoms with van der Waals surface area (Å²) in [6.07, 6.45) is -0.0488. The SMILES string of the molecule is COC(=O)N1N=C(c2ccc(OC)cc2)CC1c1cc(OC)c(OC)c(OC)c1. The summed E-state index contributed by atoms with van der Waals surface area (Å²) in [6, 6.07) is 10.8. The van der Waals surface area contributed by atoms with Crippen LogP contribution in [0.1, 0.15) is 23.6 Å². The molecule has 1 aliphatic heterocycles. The van der Waals surface area contributed by atoms with Gasteiger partial charge in [-0.25, -0.2) is 4.79 Å². The third kappa shape index (κ3) is 3.91. The molecule has 2 aromatic carbocycles. The Balaban J connectivity index is 2.01. The van der Waals surface area contributed by atoms with Gasteiger partial charge in [0.25, 0.3) is 0 Å². The van der Waals surface area contributed by atoms with Crippen molar-refractivity contribution < 1.29 is 28.5 Å². The van der Waals surface area contributed by atoms with Crippen LogP contribution in [0.5, 0.6) is 23.0 Å². The number of rotatable bonds is 6. The minimum absolute atomic E-state index is 0.381. The number of carbonyl (C=O) groups excluding carboxylic acids is 1. The van der Waals surface area contributed by atoms with Gasteiger partial charge in [-0.1, -0.05) is 0 Å². The molecule has 154 valence electrons. The van der Waals surface area contributed by atoms with E-state index in [2.05, 4.69) is 5.10 Å². The molecule has 0 fully saturated rings. The fraction of sp³-hybridized carbons (Fsp3) is 0.333. The molecule has 0 saturated heterocycles. The normalized spacial score (nSPS) is 15.6. The maximum absolute atomic E-state index is 12.4. The van der Waals surface area contributed by atoms with E-state index in [1.807, 2.05) is 36.4 Å². The Labute approximate surface area is 169 Å². The van der Waals surface area contributed by atoms with Gasteiger partial charge in [0.2, 0.25) is 5.75 Å². The number of benzene rings is 2. The highest BCUT2D eigenvalue weighted by Gasteiger charge is 2.35. The van der Waals surface area contributed by atoms with E-state index in [1.165, 1.54) is 12.1 Å². The van der Waals surface area contributed by atoms with Crippen LogP contribution in [0, 0.1) is 0 Å². The second kappa shape index (κ2) is 8.72. The van der Waals surface area contributed by atoms with Crippen LogP contribution in [-0.4, -0.2) is 52.4 Å². The van der Waals surface area contributed by atoms with Gasteiger partial charge in [0.1, 0.15) is 5.75 Å². The Kier molecular flexibility index (Phi) is 6.11. The summed E-state index contributed by atoms with van der Waals surface area (Å²) >= 11 is 0. The number of hydrazone groups is 1. The average Bonchev–Trinajstić information content (AvgIpc) is 3.23. The van der Waals surface area contributed by atoms with E-state index < -0.39 is 6.09 Å². The van der Waals surface area contributed by atoms with Crippen LogP contribution in [0.4, 0.5) is 4.79 Å². The summed E-state index contributed by atoms with van der Waals surface area (Å²) in [5.74, 6) is 2.24. The van der Waals surface area contributed by atoms with Crippen molar-refractivity contribution in [3.63, 3.8) is 0 Å². The van der Waals surface area contributed by atoms with Crippen LogP contribution in [0.25, 0.3) is 0 Å². The summed E-state index contributed by atoms with van der Waals surface area (Å²) < 4.78 is 26.4. The van der Waals surface area contributed by atoms with Crippen molar-refractivity contribution >= 4 is 11.8 Å². The highest BCUT2D eigenvalue weighted by atomic mass is 16.5. The number of nitrogens with zero attached hydrogens (tertiary/aromatic N) is 2. The lowest BCUT2D eigenvalue weighted by Crippen LogP contribution is -2.26. The quantitative estimate of drug-likeness (QED) is 0.737. The molecule has 0 spiro atoms. The molecule has 0 aromatic heterocycles. The molecule has 0 bridgehead atoms. The van der Waals surface area contributed by atoms with E-state index >= 15 is 0 Å². The zero-order valence-electron chi connectivity index (χ0n) is 17.1. The third-order valence-corrected chi connectivity index (χ3v) is 4.77. The van der Waals surface area contributed by atoms with Gasteiger partial charge >= 0.3 is 6.09 Å².